The van der Waals surface area contributed by atoms with E-state index in [1.807, 2.05) is 13.2 Å². The first-order valence-corrected chi connectivity index (χ1v) is 8.11. The Labute approximate surface area is 116 Å². The average molecular weight is 304 g/mol. The van der Waals surface area contributed by atoms with Crippen molar-refractivity contribution in [1.82, 2.24) is 5.32 Å². The Bertz CT molecular complexity index is 542. The largest absolute Gasteiger partial charge is 0.341 e. The third-order valence-electron chi connectivity index (χ3n) is 2.49. The predicted octanol–water partition coefficient (Wildman–Crippen LogP) is 0.374. The second-order valence-electron chi connectivity index (χ2n) is 3.98. The summed E-state index contributed by atoms with van der Waals surface area (Å²) in [6.45, 7) is 1.84. The molecule has 0 saturated carbocycles. The second-order valence-corrected chi connectivity index (χ2v) is 6.38. The fraction of sp³-hybridized carbons (Fsp3) is 0.364. The van der Waals surface area contributed by atoms with E-state index in [0.29, 0.717) is 0 Å². The van der Waals surface area contributed by atoms with Crippen molar-refractivity contribution in [2.45, 2.75) is 23.2 Å². The number of rotatable bonds is 2. The van der Waals surface area contributed by atoms with Crippen molar-refractivity contribution in [2.24, 2.45) is 5.73 Å². The topological polar surface area (TPSA) is 109 Å². The Morgan fingerprint density at radius 1 is 1.32 bits per heavy atom. The van der Waals surface area contributed by atoms with Gasteiger partial charge in [-0.3, -0.25) is 9.35 Å². The smallest absolute Gasteiger partial charge is 0.294 e. The summed E-state index contributed by atoms with van der Waals surface area (Å²) in [5.74, 6) is -0.0376. The molecule has 4 N–H and O–H groups in total. The lowest BCUT2D eigenvalue weighted by Gasteiger charge is -2.31. The van der Waals surface area contributed by atoms with Crippen LogP contribution in [-0.4, -0.2) is 36.5 Å². The zero-order valence-electron chi connectivity index (χ0n) is 10.5. The predicted molar refractivity (Wildman–Crippen MR) is 74.4 cm³/mol. The lowest BCUT2D eigenvalue weighted by molar-refractivity contribution is -0.128. The molecule has 1 amide bonds. The molecular formula is C11H16N2O4S2. The molecule has 0 spiro atoms. The van der Waals surface area contributed by atoms with Crippen molar-refractivity contribution >= 4 is 27.8 Å². The Morgan fingerprint density at radius 2 is 1.84 bits per heavy atom. The third kappa shape index (κ3) is 4.50. The van der Waals surface area contributed by atoms with Crippen LogP contribution in [0.3, 0.4) is 0 Å². The Kier molecular flexibility index (Phi) is 5.36. The summed E-state index contributed by atoms with van der Waals surface area (Å²) in [6.07, 6.45) is 1.92. The summed E-state index contributed by atoms with van der Waals surface area (Å²) in [5.41, 5.74) is 6.30. The summed E-state index contributed by atoms with van der Waals surface area (Å²) in [7, 11) is -4.02. The number of amides is 1. The fourth-order valence-electron chi connectivity index (χ4n) is 1.28. The van der Waals surface area contributed by atoms with Gasteiger partial charge in [0.15, 0.2) is 0 Å². The maximum absolute atomic E-state index is 10.5. The molecule has 2 rings (SSSR count). The van der Waals surface area contributed by atoms with E-state index in [1.165, 1.54) is 12.1 Å². The Balaban J connectivity index is 0.000000200. The van der Waals surface area contributed by atoms with Crippen molar-refractivity contribution in [1.29, 1.82) is 0 Å². The molecule has 1 fully saturated rings. The van der Waals surface area contributed by atoms with Crippen LogP contribution in [0.1, 0.15) is 5.56 Å². The van der Waals surface area contributed by atoms with Crippen LogP contribution < -0.4 is 11.1 Å². The van der Waals surface area contributed by atoms with Crippen LogP contribution in [0.15, 0.2) is 29.2 Å². The Hall–Kier alpha value is -1.09. The van der Waals surface area contributed by atoms with Crippen LogP contribution >= 0.6 is 11.8 Å². The number of carbonyl (C=O) groups is 1. The van der Waals surface area contributed by atoms with Gasteiger partial charge in [-0.1, -0.05) is 17.7 Å². The van der Waals surface area contributed by atoms with E-state index in [1.54, 1.807) is 23.9 Å². The average Bonchev–Trinajstić information content (AvgIpc) is 2.35. The number of hydrogen-bond donors (Lipinski definition) is 3. The maximum Gasteiger partial charge on any atom is 0.294 e. The lowest BCUT2D eigenvalue weighted by Crippen LogP contribution is -2.64. The molecule has 6 nitrogen and oxygen atoms in total. The Morgan fingerprint density at radius 3 is 2.11 bits per heavy atom. The standard InChI is InChI=1S/C7H8O3S.C4H8N2OS/c1-6-2-4-7(5-3-6)11(8,9)10;1-8-4-2(5)3(7)6-4/h2-5H,1H3,(H,8,9,10);2,4H,5H2,1H3,(H,6,7)/t;2-,4-/m.1/s1. The number of aryl methyl sites for hydroxylation is 1. The molecule has 106 valence electrons. The highest BCUT2D eigenvalue weighted by atomic mass is 32.2. The molecule has 1 aromatic rings. The van der Waals surface area contributed by atoms with Crippen molar-refractivity contribution in [3.05, 3.63) is 29.8 Å². The molecule has 1 aromatic carbocycles. The first kappa shape index (κ1) is 16.0. The normalized spacial score (nSPS) is 21.8. The lowest BCUT2D eigenvalue weighted by atomic mass is 10.2. The molecule has 0 aliphatic carbocycles. The summed E-state index contributed by atoms with van der Waals surface area (Å²) < 4.78 is 29.6. The van der Waals surface area contributed by atoms with E-state index < -0.39 is 10.1 Å². The fourth-order valence-corrected chi connectivity index (χ4v) is 2.41. The van der Waals surface area contributed by atoms with Gasteiger partial charge in [0, 0.05) is 0 Å². The highest BCUT2D eigenvalue weighted by molar-refractivity contribution is 7.99. The molecule has 0 radical (unpaired) electrons. The van der Waals surface area contributed by atoms with Gasteiger partial charge in [-0.25, -0.2) is 0 Å². The highest BCUT2D eigenvalue weighted by Crippen LogP contribution is 2.13. The first-order valence-electron chi connectivity index (χ1n) is 5.38. The number of thioether (sulfide) groups is 1. The van der Waals surface area contributed by atoms with Gasteiger partial charge in [-0.15, -0.1) is 11.8 Å². The summed E-state index contributed by atoms with van der Waals surface area (Å²) in [4.78, 5) is 10.3. The van der Waals surface area contributed by atoms with Crippen LogP contribution in [0.25, 0.3) is 0 Å². The van der Waals surface area contributed by atoms with E-state index in [9.17, 15) is 13.2 Å². The van der Waals surface area contributed by atoms with E-state index in [2.05, 4.69) is 5.32 Å². The molecule has 2 atom stereocenters. The molecule has 0 unspecified atom stereocenters. The summed E-state index contributed by atoms with van der Waals surface area (Å²) >= 11 is 1.57. The van der Waals surface area contributed by atoms with Crippen LogP contribution in [0, 0.1) is 6.92 Å². The molecule has 19 heavy (non-hydrogen) atoms. The highest BCUT2D eigenvalue weighted by Gasteiger charge is 2.34. The molecule has 1 heterocycles. The zero-order chi connectivity index (χ0) is 14.6. The van der Waals surface area contributed by atoms with E-state index in [-0.39, 0.29) is 22.2 Å². The van der Waals surface area contributed by atoms with Crippen LogP contribution in [0.5, 0.6) is 0 Å². The molecule has 0 aromatic heterocycles. The maximum atomic E-state index is 10.5. The van der Waals surface area contributed by atoms with Crippen LogP contribution in [0.4, 0.5) is 0 Å². The second kappa shape index (κ2) is 6.38. The van der Waals surface area contributed by atoms with Crippen LogP contribution in [-0.2, 0) is 14.9 Å². The van der Waals surface area contributed by atoms with Gasteiger partial charge in [0.05, 0.1) is 10.3 Å². The van der Waals surface area contributed by atoms with Gasteiger partial charge in [-0.05, 0) is 25.3 Å². The van der Waals surface area contributed by atoms with Crippen molar-refractivity contribution in [3.63, 3.8) is 0 Å². The number of nitrogens with one attached hydrogen (secondary N) is 1. The number of carbonyl (C=O) groups excluding carboxylic acids is 1. The minimum Gasteiger partial charge on any atom is -0.341 e. The number of β-lactam (4-membered cyclic amide) rings is 1. The minimum absolute atomic E-state index is 0.0376. The van der Waals surface area contributed by atoms with Gasteiger partial charge in [0.2, 0.25) is 5.91 Å². The molecule has 1 aliphatic rings. The molecule has 8 heteroatoms. The number of hydrogen-bond acceptors (Lipinski definition) is 5. The molecule has 1 saturated heterocycles. The quantitative estimate of drug-likeness (QED) is 0.538. The monoisotopic (exact) mass is 304 g/mol. The molecular weight excluding hydrogens is 288 g/mol. The van der Waals surface area contributed by atoms with Gasteiger partial charge in [0.1, 0.15) is 6.04 Å². The number of nitrogens with two attached hydrogens (primary N) is 1. The van der Waals surface area contributed by atoms with Gasteiger partial charge >= 0.3 is 0 Å². The van der Waals surface area contributed by atoms with Gasteiger partial charge in [0.25, 0.3) is 10.1 Å². The molecule has 0 bridgehead atoms. The number of benzene rings is 1. The SMILES string of the molecule is CS[C@H]1NC(=O)[C@H]1N.Cc1ccc(S(=O)(=O)O)cc1. The van der Waals surface area contributed by atoms with Gasteiger partial charge in [-0.2, -0.15) is 8.42 Å². The third-order valence-corrected chi connectivity index (χ3v) is 4.27. The van der Waals surface area contributed by atoms with Crippen LogP contribution in [0.2, 0.25) is 0 Å². The first-order chi connectivity index (χ1) is 8.75. The molecule has 1 aliphatic heterocycles. The van der Waals surface area contributed by atoms with E-state index in [4.69, 9.17) is 10.3 Å². The minimum atomic E-state index is -4.02. The zero-order valence-corrected chi connectivity index (χ0v) is 12.2. The van der Waals surface area contributed by atoms with Gasteiger partial charge < -0.3 is 11.1 Å². The van der Waals surface area contributed by atoms with Crippen molar-refractivity contribution in [3.8, 4) is 0 Å². The van der Waals surface area contributed by atoms with Crippen molar-refractivity contribution in [2.75, 3.05) is 6.26 Å². The van der Waals surface area contributed by atoms with E-state index >= 15 is 0 Å². The van der Waals surface area contributed by atoms with Crippen molar-refractivity contribution < 1.29 is 17.8 Å². The summed E-state index contributed by atoms with van der Waals surface area (Å²) in [6, 6.07) is 5.71. The van der Waals surface area contributed by atoms with E-state index in [0.717, 1.165) is 5.56 Å². The summed E-state index contributed by atoms with van der Waals surface area (Å²) in [5, 5.41) is 2.80.